The average molecular weight is 300 g/mol. The fourth-order valence-corrected chi connectivity index (χ4v) is 2.00. The Kier molecular flexibility index (Phi) is 4.56. The van der Waals surface area contributed by atoms with Crippen LogP contribution in [-0.2, 0) is 4.79 Å². The fourth-order valence-electron chi connectivity index (χ4n) is 2.00. The van der Waals surface area contributed by atoms with E-state index >= 15 is 0 Å². The summed E-state index contributed by atoms with van der Waals surface area (Å²) in [5.41, 5.74) is 2.64. The van der Waals surface area contributed by atoms with E-state index in [0.717, 1.165) is 11.1 Å². The molecule has 22 heavy (non-hydrogen) atoms. The number of rotatable bonds is 3. The molecule has 0 aromatic heterocycles. The van der Waals surface area contributed by atoms with E-state index in [2.05, 4.69) is 10.6 Å². The molecule has 0 radical (unpaired) electrons. The molecule has 2 N–H and O–H groups in total. The summed E-state index contributed by atoms with van der Waals surface area (Å²) >= 11 is 0. The SMILES string of the molecule is CC(=O)Nc1cc(C(=O)Nc2ccc(C)cc2F)ccc1C. The van der Waals surface area contributed by atoms with Gasteiger partial charge in [0.15, 0.2) is 0 Å². The second kappa shape index (κ2) is 6.39. The zero-order valence-electron chi connectivity index (χ0n) is 12.7. The van der Waals surface area contributed by atoms with Gasteiger partial charge in [0.2, 0.25) is 5.91 Å². The Balaban J connectivity index is 2.24. The molecule has 0 fully saturated rings. The van der Waals surface area contributed by atoms with Crippen molar-refractivity contribution >= 4 is 23.2 Å². The molecule has 0 aliphatic carbocycles. The average Bonchev–Trinajstić information content (AvgIpc) is 2.43. The first-order chi connectivity index (χ1) is 10.4. The number of hydrogen-bond acceptors (Lipinski definition) is 2. The fraction of sp³-hybridized carbons (Fsp3) is 0.176. The molecule has 2 amide bonds. The van der Waals surface area contributed by atoms with Crippen molar-refractivity contribution in [2.45, 2.75) is 20.8 Å². The summed E-state index contributed by atoms with van der Waals surface area (Å²) in [6.07, 6.45) is 0. The molecule has 0 heterocycles. The van der Waals surface area contributed by atoms with Crippen molar-refractivity contribution in [1.29, 1.82) is 0 Å². The van der Waals surface area contributed by atoms with Gasteiger partial charge in [-0.3, -0.25) is 9.59 Å². The maximum absolute atomic E-state index is 13.8. The van der Waals surface area contributed by atoms with Gasteiger partial charge < -0.3 is 10.6 Å². The lowest BCUT2D eigenvalue weighted by Gasteiger charge is -2.10. The van der Waals surface area contributed by atoms with Gasteiger partial charge >= 0.3 is 0 Å². The van der Waals surface area contributed by atoms with Crippen molar-refractivity contribution in [3.63, 3.8) is 0 Å². The molecule has 0 saturated heterocycles. The van der Waals surface area contributed by atoms with E-state index in [4.69, 9.17) is 0 Å². The summed E-state index contributed by atoms with van der Waals surface area (Å²) in [5, 5.41) is 5.19. The maximum Gasteiger partial charge on any atom is 0.255 e. The Morgan fingerprint density at radius 2 is 1.68 bits per heavy atom. The lowest BCUT2D eigenvalue weighted by Crippen LogP contribution is -2.14. The molecular formula is C17H17FN2O2. The molecule has 0 saturated carbocycles. The highest BCUT2D eigenvalue weighted by molar-refractivity contribution is 6.05. The zero-order chi connectivity index (χ0) is 16.3. The molecule has 0 aliphatic rings. The van der Waals surface area contributed by atoms with Crippen LogP contribution in [0.15, 0.2) is 36.4 Å². The van der Waals surface area contributed by atoms with Crippen molar-refractivity contribution in [1.82, 2.24) is 0 Å². The van der Waals surface area contributed by atoms with E-state index in [0.29, 0.717) is 11.3 Å². The van der Waals surface area contributed by atoms with Gasteiger partial charge in [-0.1, -0.05) is 12.1 Å². The van der Waals surface area contributed by atoms with Crippen molar-refractivity contribution < 1.29 is 14.0 Å². The predicted molar refractivity (Wildman–Crippen MR) is 84.6 cm³/mol. The predicted octanol–water partition coefficient (Wildman–Crippen LogP) is 3.65. The highest BCUT2D eigenvalue weighted by Crippen LogP contribution is 2.20. The number of carbonyl (C=O) groups is 2. The van der Waals surface area contributed by atoms with Crippen LogP contribution in [-0.4, -0.2) is 11.8 Å². The number of halogens is 1. The summed E-state index contributed by atoms with van der Waals surface area (Å²) in [6.45, 7) is 4.99. The van der Waals surface area contributed by atoms with Crippen LogP contribution < -0.4 is 10.6 Å². The van der Waals surface area contributed by atoms with Gasteiger partial charge in [0.05, 0.1) is 5.69 Å². The number of nitrogens with one attached hydrogen (secondary N) is 2. The van der Waals surface area contributed by atoms with Crippen LogP contribution >= 0.6 is 0 Å². The Morgan fingerprint density at radius 1 is 0.955 bits per heavy atom. The van der Waals surface area contributed by atoms with Crippen LogP contribution in [0.1, 0.15) is 28.4 Å². The number of carbonyl (C=O) groups excluding carboxylic acids is 2. The first kappa shape index (κ1) is 15.7. The first-order valence-corrected chi connectivity index (χ1v) is 6.82. The van der Waals surface area contributed by atoms with Crippen molar-refractivity contribution in [2.75, 3.05) is 10.6 Å². The van der Waals surface area contributed by atoms with Crippen molar-refractivity contribution in [3.05, 3.63) is 58.9 Å². The monoisotopic (exact) mass is 300 g/mol. The molecular weight excluding hydrogens is 283 g/mol. The minimum Gasteiger partial charge on any atom is -0.326 e. The second-order valence-electron chi connectivity index (χ2n) is 5.15. The van der Waals surface area contributed by atoms with Crippen molar-refractivity contribution in [2.24, 2.45) is 0 Å². The van der Waals surface area contributed by atoms with Crippen LogP contribution in [0, 0.1) is 19.7 Å². The largest absolute Gasteiger partial charge is 0.326 e. The second-order valence-corrected chi connectivity index (χ2v) is 5.15. The summed E-state index contributed by atoms with van der Waals surface area (Å²) in [5.74, 6) is -1.14. The minimum absolute atomic E-state index is 0.122. The summed E-state index contributed by atoms with van der Waals surface area (Å²) in [4.78, 5) is 23.4. The highest BCUT2D eigenvalue weighted by atomic mass is 19.1. The Morgan fingerprint density at radius 3 is 2.32 bits per heavy atom. The van der Waals surface area contributed by atoms with Crippen LogP contribution in [0.3, 0.4) is 0 Å². The van der Waals surface area contributed by atoms with Crippen LogP contribution in [0.4, 0.5) is 15.8 Å². The normalized spacial score (nSPS) is 10.2. The topological polar surface area (TPSA) is 58.2 Å². The third kappa shape index (κ3) is 3.69. The van der Waals surface area contributed by atoms with Crippen molar-refractivity contribution in [3.8, 4) is 0 Å². The molecule has 114 valence electrons. The third-order valence-corrected chi connectivity index (χ3v) is 3.18. The number of hydrogen-bond donors (Lipinski definition) is 2. The molecule has 0 spiro atoms. The van der Waals surface area contributed by atoms with E-state index in [1.807, 2.05) is 6.92 Å². The number of amides is 2. The highest BCUT2D eigenvalue weighted by Gasteiger charge is 2.11. The molecule has 0 aliphatic heterocycles. The first-order valence-electron chi connectivity index (χ1n) is 6.82. The Bertz CT molecular complexity index is 741. The lowest BCUT2D eigenvalue weighted by molar-refractivity contribution is -0.114. The van der Waals surface area contributed by atoms with Gasteiger partial charge in [-0.15, -0.1) is 0 Å². The van der Waals surface area contributed by atoms with Gasteiger partial charge in [0, 0.05) is 18.2 Å². The van der Waals surface area contributed by atoms with Gasteiger partial charge in [-0.25, -0.2) is 4.39 Å². The van der Waals surface area contributed by atoms with Crippen LogP contribution in [0.2, 0.25) is 0 Å². The smallest absolute Gasteiger partial charge is 0.255 e. The number of anilines is 2. The summed E-state index contributed by atoms with van der Waals surface area (Å²) < 4.78 is 13.8. The number of aryl methyl sites for hydroxylation is 2. The standard InChI is InChI=1S/C17H17FN2O2/c1-10-4-7-15(14(18)8-10)20-17(22)13-6-5-11(2)16(9-13)19-12(3)21/h4-9H,1-3H3,(H,19,21)(H,20,22). The van der Waals surface area contributed by atoms with Gasteiger partial charge in [0.25, 0.3) is 5.91 Å². The maximum atomic E-state index is 13.8. The molecule has 0 unspecified atom stereocenters. The Hall–Kier alpha value is -2.69. The third-order valence-electron chi connectivity index (χ3n) is 3.18. The van der Waals surface area contributed by atoms with E-state index in [1.165, 1.54) is 19.1 Å². The molecule has 0 bridgehead atoms. The van der Waals surface area contributed by atoms with Gasteiger partial charge in [0.1, 0.15) is 5.82 Å². The minimum atomic E-state index is -0.484. The van der Waals surface area contributed by atoms with E-state index in [-0.39, 0.29) is 11.6 Å². The van der Waals surface area contributed by atoms with E-state index in [1.54, 1.807) is 31.2 Å². The molecule has 0 atom stereocenters. The summed E-state index contributed by atoms with van der Waals surface area (Å²) in [7, 11) is 0. The zero-order valence-corrected chi connectivity index (χ0v) is 12.7. The molecule has 4 nitrogen and oxygen atoms in total. The molecule has 2 rings (SSSR count). The quantitative estimate of drug-likeness (QED) is 0.909. The molecule has 2 aromatic carbocycles. The molecule has 5 heteroatoms. The Labute approximate surface area is 128 Å². The number of benzene rings is 2. The van der Waals surface area contributed by atoms with Gasteiger partial charge in [-0.05, 0) is 49.2 Å². The van der Waals surface area contributed by atoms with E-state index in [9.17, 15) is 14.0 Å². The van der Waals surface area contributed by atoms with Crippen LogP contribution in [0.25, 0.3) is 0 Å². The van der Waals surface area contributed by atoms with E-state index < -0.39 is 11.7 Å². The molecule has 2 aromatic rings. The lowest BCUT2D eigenvalue weighted by atomic mass is 10.1. The van der Waals surface area contributed by atoms with Gasteiger partial charge in [-0.2, -0.15) is 0 Å². The summed E-state index contributed by atoms with van der Waals surface area (Å²) in [6, 6.07) is 9.52. The van der Waals surface area contributed by atoms with Crippen LogP contribution in [0.5, 0.6) is 0 Å².